The van der Waals surface area contributed by atoms with Crippen LogP contribution >= 0.6 is 12.2 Å². The van der Waals surface area contributed by atoms with Crippen LogP contribution in [0, 0.1) is 0 Å². The fourth-order valence-corrected chi connectivity index (χ4v) is 3.60. The molecule has 2 aliphatic rings. The van der Waals surface area contributed by atoms with Gasteiger partial charge in [0.15, 0.2) is 11.2 Å². The van der Waals surface area contributed by atoms with Gasteiger partial charge in [-0.2, -0.15) is 0 Å². The Kier molecular flexibility index (Phi) is 6.91. The van der Waals surface area contributed by atoms with Crippen LogP contribution in [-0.4, -0.2) is 79.0 Å². The normalized spacial score (nSPS) is 19.9. The number of rotatable bonds is 6. The molecule has 1 aromatic carbocycles. The Morgan fingerprint density at radius 3 is 2.68 bits per heavy atom. The lowest BCUT2D eigenvalue weighted by molar-refractivity contribution is -0.139. The molecule has 152 valence electrons. The molecule has 1 N–H and O–H groups in total. The topological polar surface area (TPSA) is 80.3 Å². The van der Waals surface area contributed by atoms with Crippen molar-refractivity contribution in [3.8, 4) is 5.75 Å². The largest absolute Gasteiger partial charge is 0.490 e. The molecule has 0 aromatic heterocycles. The summed E-state index contributed by atoms with van der Waals surface area (Å²) < 4.78 is 15.8. The minimum absolute atomic E-state index is 0.0524. The summed E-state index contributed by atoms with van der Waals surface area (Å²) in [4.78, 5) is 27.3. The first-order valence-electron chi connectivity index (χ1n) is 9.31. The highest BCUT2D eigenvalue weighted by Crippen LogP contribution is 2.23. The number of ether oxygens (including phenoxy) is 3. The van der Waals surface area contributed by atoms with Crippen LogP contribution in [0.4, 0.5) is 4.79 Å². The van der Waals surface area contributed by atoms with E-state index in [0.717, 1.165) is 18.6 Å². The lowest BCUT2D eigenvalue weighted by atomic mass is 10.0. The first-order chi connectivity index (χ1) is 13.6. The third-order valence-corrected chi connectivity index (χ3v) is 5.29. The summed E-state index contributed by atoms with van der Waals surface area (Å²) in [5.41, 5.74) is 0. The molecule has 2 heterocycles. The second kappa shape index (κ2) is 9.59. The Labute approximate surface area is 169 Å². The smallest absolute Gasteiger partial charge is 0.410 e. The molecule has 0 spiro atoms. The van der Waals surface area contributed by atoms with E-state index in [1.807, 2.05) is 35.2 Å². The fourth-order valence-electron chi connectivity index (χ4n) is 3.34. The molecular weight excluding hydrogens is 382 g/mol. The van der Waals surface area contributed by atoms with Crippen LogP contribution in [0.3, 0.4) is 0 Å². The van der Waals surface area contributed by atoms with Crippen molar-refractivity contribution in [2.75, 3.05) is 39.9 Å². The molecule has 1 aromatic rings. The number of para-hydroxylation sites is 1. The molecule has 0 bridgehead atoms. The standard InChI is InChI=1S/C19H25N3O5S/c1-25-17(23)11-20-18(28)21-9-7-14(8-10-21)22-12-16(27-19(22)24)13-26-15-5-3-2-4-6-15/h2-6,14,16H,7-13H2,1H3,(H,20,28). The van der Waals surface area contributed by atoms with E-state index in [1.54, 1.807) is 4.90 Å². The maximum absolute atomic E-state index is 12.3. The van der Waals surface area contributed by atoms with E-state index in [4.69, 9.17) is 21.7 Å². The first-order valence-corrected chi connectivity index (χ1v) is 9.72. The molecule has 2 saturated heterocycles. The molecule has 3 rings (SSSR count). The van der Waals surface area contributed by atoms with Crippen LogP contribution in [0.1, 0.15) is 12.8 Å². The average Bonchev–Trinajstić information content (AvgIpc) is 3.11. The second-order valence-electron chi connectivity index (χ2n) is 6.74. The van der Waals surface area contributed by atoms with Crippen molar-refractivity contribution in [3.63, 3.8) is 0 Å². The lowest BCUT2D eigenvalue weighted by Gasteiger charge is -2.36. The molecule has 1 amide bonds. The predicted molar refractivity (Wildman–Crippen MR) is 106 cm³/mol. The Hall–Kier alpha value is -2.55. The zero-order valence-electron chi connectivity index (χ0n) is 15.8. The molecule has 8 nitrogen and oxygen atoms in total. The third-order valence-electron chi connectivity index (χ3n) is 4.89. The van der Waals surface area contributed by atoms with E-state index in [-0.39, 0.29) is 30.8 Å². The average molecular weight is 407 g/mol. The summed E-state index contributed by atoms with van der Waals surface area (Å²) in [5, 5.41) is 3.43. The van der Waals surface area contributed by atoms with Crippen molar-refractivity contribution in [1.82, 2.24) is 15.1 Å². The van der Waals surface area contributed by atoms with Crippen molar-refractivity contribution in [2.24, 2.45) is 0 Å². The minimum Gasteiger partial charge on any atom is -0.490 e. The quantitative estimate of drug-likeness (QED) is 0.560. The molecule has 1 unspecified atom stereocenters. The van der Waals surface area contributed by atoms with Crippen LogP contribution in [0.25, 0.3) is 0 Å². The summed E-state index contributed by atoms with van der Waals surface area (Å²) in [6.07, 6.45) is 1.03. The zero-order chi connectivity index (χ0) is 19.9. The summed E-state index contributed by atoms with van der Waals surface area (Å²) in [6.45, 7) is 2.35. The number of hydrogen-bond donors (Lipinski definition) is 1. The molecule has 2 fully saturated rings. The van der Waals surface area contributed by atoms with E-state index in [0.29, 0.717) is 31.4 Å². The van der Waals surface area contributed by atoms with Gasteiger partial charge in [-0.1, -0.05) is 18.2 Å². The van der Waals surface area contributed by atoms with Gasteiger partial charge in [-0.05, 0) is 37.2 Å². The maximum Gasteiger partial charge on any atom is 0.410 e. The molecule has 0 saturated carbocycles. The Morgan fingerprint density at radius 2 is 2.00 bits per heavy atom. The van der Waals surface area contributed by atoms with Gasteiger partial charge in [0, 0.05) is 19.1 Å². The van der Waals surface area contributed by atoms with E-state index >= 15 is 0 Å². The number of carbonyl (C=O) groups is 2. The van der Waals surface area contributed by atoms with E-state index in [9.17, 15) is 9.59 Å². The number of carbonyl (C=O) groups excluding carboxylic acids is 2. The Morgan fingerprint density at radius 1 is 1.29 bits per heavy atom. The van der Waals surface area contributed by atoms with Crippen molar-refractivity contribution in [3.05, 3.63) is 30.3 Å². The van der Waals surface area contributed by atoms with Gasteiger partial charge in [-0.25, -0.2) is 4.79 Å². The van der Waals surface area contributed by atoms with E-state index < -0.39 is 0 Å². The van der Waals surface area contributed by atoms with Gasteiger partial charge in [0.05, 0.1) is 13.7 Å². The van der Waals surface area contributed by atoms with Gasteiger partial charge in [0.2, 0.25) is 0 Å². The van der Waals surface area contributed by atoms with Crippen molar-refractivity contribution >= 4 is 29.4 Å². The van der Waals surface area contributed by atoms with Crippen molar-refractivity contribution in [2.45, 2.75) is 25.0 Å². The molecule has 1 atom stereocenters. The van der Waals surface area contributed by atoms with Gasteiger partial charge in [-0.15, -0.1) is 0 Å². The number of hydrogen-bond acceptors (Lipinski definition) is 6. The Balaban J connectivity index is 1.42. The minimum atomic E-state index is -0.360. The number of nitrogens with zero attached hydrogens (tertiary/aromatic N) is 2. The van der Waals surface area contributed by atoms with Crippen molar-refractivity contribution in [1.29, 1.82) is 0 Å². The van der Waals surface area contributed by atoms with Crippen LogP contribution in [-0.2, 0) is 14.3 Å². The monoisotopic (exact) mass is 407 g/mol. The fraction of sp³-hybridized carbons (Fsp3) is 0.526. The third kappa shape index (κ3) is 5.25. The maximum atomic E-state index is 12.3. The van der Waals surface area contributed by atoms with Crippen LogP contribution in [0.5, 0.6) is 5.75 Å². The number of amides is 1. The highest BCUT2D eigenvalue weighted by molar-refractivity contribution is 7.80. The lowest BCUT2D eigenvalue weighted by Crippen LogP contribution is -2.50. The number of cyclic esters (lactones) is 1. The molecule has 9 heteroatoms. The molecule has 0 radical (unpaired) electrons. The highest BCUT2D eigenvalue weighted by Gasteiger charge is 2.38. The Bertz CT molecular complexity index is 694. The van der Waals surface area contributed by atoms with Gasteiger partial charge in [0.1, 0.15) is 18.9 Å². The van der Waals surface area contributed by atoms with Gasteiger partial charge >= 0.3 is 12.1 Å². The number of nitrogens with one attached hydrogen (secondary N) is 1. The number of likely N-dealkylation sites (tertiary alicyclic amines) is 1. The van der Waals surface area contributed by atoms with Gasteiger partial charge in [-0.3, -0.25) is 4.79 Å². The van der Waals surface area contributed by atoms with Gasteiger partial charge < -0.3 is 29.3 Å². The summed E-state index contributed by atoms with van der Waals surface area (Å²) >= 11 is 5.32. The van der Waals surface area contributed by atoms with E-state index in [2.05, 4.69) is 10.1 Å². The predicted octanol–water partition coefficient (Wildman–Crippen LogP) is 1.40. The van der Waals surface area contributed by atoms with E-state index in [1.165, 1.54) is 7.11 Å². The number of esters is 1. The summed E-state index contributed by atoms with van der Waals surface area (Å²) in [6, 6.07) is 9.60. The SMILES string of the molecule is COC(=O)CNC(=S)N1CCC(N2CC(COc3ccccc3)OC2=O)CC1. The van der Waals surface area contributed by atoms with Crippen molar-refractivity contribution < 1.29 is 23.8 Å². The summed E-state index contributed by atoms with van der Waals surface area (Å²) in [5.74, 6) is 0.402. The van der Waals surface area contributed by atoms with Gasteiger partial charge in [0.25, 0.3) is 0 Å². The number of piperidine rings is 1. The molecule has 2 aliphatic heterocycles. The number of thiocarbonyl (C=S) groups is 1. The zero-order valence-corrected chi connectivity index (χ0v) is 16.7. The number of methoxy groups -OCH3 is 1. The molecule has 28 heavy (non-hydrogen) atoms. The highest BCUT2D eigenvalue weighted by atomic mass is 32.1. The molecular formula is C19H25N3O5S. The van der Waals surface area contributed by atoms with Crippen LogP contribution < -0.4 is 10.1 Å². The first kappa shape index (κ1) is 20.2. The second-order valence-corrected chi connectivity index (χ2v) is 7.12. The van der Waals surface area contributed by atoms with Crippen LogP contribution in [0.15, 0.2) is 30.3 Å². The number of benzene rings is 1. The van der Waals surface area contributed by atoms with Crippen LogP contribution in [0.2, 0.25) is 0 Å². The molecule has 0 aliphatic carbocycles. The summed E-state index contributed by atoms with van der Waals surface area (Å²) in [7, 11) is 1.34.